The summed E-state index contributed by atoms with van der Waals surface area (Å²) in [5.74, 6) is 1.60. The molecule has 128 valence electrons. The fourth-order valence-electron chi connectivity index (χ4n) is 3.41. The molecular formula is C18H25N5O. The molecule has 2 fully saturated rings. The molecule has 2 atom stereocenters. The van der Waals surface area contributed by atoms with E-state index in [1.165, 1.54) is 18.4 Å². The molecule has 0 N–H and O–H groups in total. The molecule has 2 aromatic heterocycles. The molecule has 2 aromatic rings. The van der Waals surface area contributed by atoms with Crippen molar-refractivity contribution in [3.63, 3.8) is 0 Å². The predicted octanol–water partition coefficient (Wildman–Crippen LogP) is 2.14. The average Bonchev–Trinajstić information content (AvgIpc) is 3.20. The van der Waals surface area contributed by atoms with Gasteiger partial charge in [0, 0.05) is 38.8 Å². The van der Waals surface area contributed by atoms with E-state index in [0.717, 1.165) is 43.4 Å². The fraction of sp³-hybridized carbons (Fsp3) is 0.611. The summed E-state index contributed by atoms with van der Waals surface area (Å²) in [5, 5.41) is 4.30. The number of anilines is 1. The molecule has 1 aliphatic heterocycles. The molecule has 0 unspecified atom stereocenters. The normalized spacial score (nSPS) is 23.8. The second-order valence-corrected chi connectivity index (χ2v) is 7.15. The van der Waals surface area contributed by atoms with E-state index in [9.17, 15) is 0 Å². The second kappa shape index (κ2) is 6.51. The second-order valence-electron chi connectivity index (χ2n) is 7.15. The van der Waals surface area contributed by atoms with Crippen LogP contribution in [0, 0.1) is 12.8 Å². The summed E-state index contributed by atoms with van der Waals surface area (Å²) in [7, 11) is 1.96. The van der Waals surface area contributed by atoms with E-state index < -0.39 is 0 Å². The molecule has 24 heavy (non-hydrogen) atoms. The van der Waals surface area contributed by atoms with Crippen molar-refractivity contribution in [2.75, 3.05) is 18.1 Å². The quantitative estimate of drug-likeness (QED) is 0.813. The lowest BCUT2D eigenvalue weighted by Crippen LogP contribution is -2.39. The van der Waals surface area contributed by atoms with E-state index in [0.29, 0.717) is 0 Å². The maximum Gasteiger partial charge on any atom is 0.225 e. The van der Waals surface area contributed by atoms with Crippen molar-refractivity contribution in [1.29, 1.82) is 0 Å². The Kier molecular flexibility index (Phi) is 4.22. The molecule has 0 amide bonds. The van der Waals surface area contributed by atoms with Crippen molar-refractivity contribution in [3.8, 4) is 0 Å². The maximum absolute atomic E-state index is 6.27. The van der Waals surface area contributed by atoms with Gasteiger partial charge in [-0.3, -0.25) is 4.68 Å². The predicted molar refractivity (Wildman–Crippen MR) is 91.9 cm³/mol. The van der Waals surface area contributed by atoms with Crippen molar-refractivity contribution in [2.24, 2.45) is 13.0 Å². The summed E-state index contributed by atoms with van der Waals surface area (Å²) in [6.45, 7) is 3.86. The van der Waals surface area contributed by atoms with Gasteiger partial charge in [-0.1, -0.05) is 0 Å². The van der Waals surface area contributed by atoms with Gasteiger partial charge < -0.3 is 9.64 Å². The number of ether oxygens (including phenoxy) is 1. The molecule has 3 heterocycles. The Bertz CT molecular complexity index is 679. The minimum atomic E-state index is 0.246. The fourth-order valence-corrected chi connectivity index (χ4v) is 3.41. The molecule has 4 rings (SSSR count). The highest BCUT2D eigenvalue weighted by Gasteiger charge is 2.37. The van der Waals surface area contributed by atoms with Gasteiger partial charge in [-0.25, -0.2) is 9.97 Å². The molecule has 2 aliphatic rings. The van der Waals surface area contributed by atoms with Crippen molar-refractivity contribution >= 4 is 5.95 Å². The zero-order valence-electron chi connectivity index (χ0n) is 14.4. The Hall–Kier alpha value is -1.95. The monoisotopic (exact) mass is 327 g/mol. The van der Waals surface area contributed by atoms with Gasteiger partial charge >= 0.3 is 0 Å². The van der Waals surface area contributed by atoms with Crippen LogP contribution in [0.1, 0.15) is 30.4 Å². The van der Waals surface area contributed by atoms with Crippen molar-refractivity contribution < 1.29 is 4.74 Å². The van der Waals surface area contributed by atoms with Crippen LogP contribution in [0.5, 0.6) is 0 Å². The van der Waals surface area contributed by atoms with Gasteiger partial charge in [0.1, 0.15) is 0 Å². The number of aryl methyl sites for hydroxylation is 2. The summed E-state index contributed by atoms with van der Waals surface area (Å²) in [6, 6.07) is 0.274. The van der Waals surface area contributed by atoms with E-state index in [2.05, 4.69) is 26.2 Å². The van der Waals surface area contributed by atoms with Crippen LogP contribution < -0.4 is 4.90 Å². The third-order valence-corrected chi connectivity index (χ3v) is 4.95. The van der Waals surface area contributed by atoms with Gasteiger partial charge in [-0.05, 0) is 49.7 Å². The highest BCUT2D eigenvalue weighted by molar-refractivity contribution is 5.36. The van der Waals surface area contributed by atoms with Gasteiger partial charge in [-0.15, -0.1) is 0 Å². The molecule has 0 bridgehead atoms. The molecule has 1 saturated heterocycles. The van der Waals surface area contributed by atoms with Crippen LogP contribution in [-0.2, 0) is 18.2 Å². The van der Waals surface area contributed by atoms with Crippen LogP contribution in [0.2, 0.25) is 0 Å². The first-order chi connectivity index (χ1) is 11.7. The highest BCUT2D eigenvalue weighted by atomic mass is 16.5. The molecule has 0 radical (unpaired) electrons. The minimum Gasteiger partial charge on any atom is -0.376 e. The summed E-state index contributed by atoms with van der Waals surface area (Å²) in [5.41, 5.74) is 2.32. The number of hydrogen-bond acceptors (Lipinski definition) is 5. The molecule has 1 saturated carbocycles. The van der Waals surface area contributed by atoms with Crippen LogP contribution in [0.15, 0.2) is 24.8 Å². The lowest BCUT2D eigenvalue weighted by atomic mass is 10.0. The number of nitrogens with zero attached hydrogens (tertiary/aromatic N) is 5. The van der Waals surface area contributed by atoms with Crippen LogP contribution in [-0.4, -0.2) is 45.0 Å². The van der Waals surface area contributed by atoms with E-state index in [4.69, 9.17) is 4.74 Å². The summed E-state index contributed by atoms with van der Waals surface area (Å²) >= 11 is 0. The minimum absolute atomic E-state index is 0.246. The first-order valence-electron chi connectivity index (χ1n) is 8.83. The highest BCUT2D eigenvalue weighted by Crippen LogP contribution is 2.32. The Morgan fingerprint density at radius 1 is 1.17 bits per heavy atom. The third-order valence-electron chi connectivity index (χ3n) is 4.95. The lowest BCUT2D eigenvalue weighted by molar-refractivity contribution is 0.0406. The zero-order valence-corrected chi connectivity index (χ0v) is 14.4. The van der Waals surface area contributed by atoms with Gasteiger partial charge in [-0.2, -0.15) is 5.10 Å². The first kappa shape index (κ1) is 15.6. The van der Waals surface area contributed by atoms with Crippen molar-refractivity contribution in [1.82, 2.24) is 19.7 Å². The average molecular weight is 327 g/mol. The van der Waals surface area contributed by atoms with Gasteiger partial charge in [0.15, 0.2) is 0 Å². The summed E-state index contributed by atoms with van der Waals surface area (Å²) in [6.07, 6.45) is 12.7. The Labute approximate surface area is 142 Å². The van der Waals surface area contributed by atoms with Crippen LogP contribution >= 0.6 is 0 Å². The molecular weight excluding hydrogens is 302 g/mol. The first-order valence-corrected chi connectivity index (χ1v) is 8.83. The number of aromatic nitrogens is 4. The van der Waals surface area contributed by atoms with Gasteiger partial charge in [0.25, 0.3) is 0 Å². The van der Waals surface area contributed by atoms with Gasteiger partial charge in [0.2, 0.25) is 5.95 Å². The van der Waals surface area contributed by atoms with E-state index in [1.54, 1.807) is 0 Å². The zero-order chi connectivity index (χ0) is 16.5. The lowest BCUT2D eigenvalue weighted by Gasteiger charge is -2.28. The molecule has 0 aromatic carbocycles. The van der Waals surface area contributed by atoms with E-state index in [1.807, 2.05) is 37.2 Å². The van der Waals surface area contributed by atoms with Crippen molar-refractivity contribution in [3.05, 3.63) is 35.9 Å². The summed E-state index contributed by atoms with van der Waals surface area (Å²) < 4.78 is 8.13. The van der Waals surface area contributed by atoms with Gasteiger partial charge in [0.05, 0.1) is 18.3 Å². The van der Waals surface area contributed by atoms with Crippen LogP contribution in [0.25, 0.3) is 0 Å². The smallest absolute Gasteiger partial charge is 0.225 e. The Morgan fingerprint density at radius 3 is 2.62 bits per heavy atom. The van der Waals surface area contributed by atoms with Crippen molar-refractivity contribution in [2.45, 2.75) is 44.8 Å². The SMILES string of the molecule is Cc1cnc(N2CC[C@@H](OCC3CC3)[C@H]2Cc2cnn(C)c2)nc1. The van der Waals surface area contributed by atoms with Crippen LogP contribution in [0.3, 0.4) is 0 Å². The topological polar surface area (TPSA) is 56.1 Å². The summed E-state index contributed by atoms with van der Waals surface area (Å²) in [4.78, 5) is 11.4. The van der Waals surface area contributed by atoms with Crippen LogP contribution in [0.4, 0.5) is 5.95 Å². The maximum atomic E-state index is 6.27. The Morgan fingerprint density at radius 2 is 1.96 bits per heavy atom. The van der Waals surface area contributed by atoms with E-state index >= 15 is 0 Å². The molecule has 1 aliphatic carbocycles. The molecule has 6 nitrogen and oxygen atoms in total. The molecule has 0 spiro atoms. The van der Waals surface area contributed by atoms with E-state index in [-0.39, 0.29) is 12.1 Å². The molecule has 6 heteroatoms. The number of rotatable bonds is 6. The largest absolute Gasteiger partial charge is 0.376 e. The standard InChI is InChI=1S/C18H25N5O/c1-13-8-19-18(20-9-13)23-6-5-17(24-12-14-3-4-14)16(23)7-15-10-21-22(2)11-15/h8-11,14,16-17H,3-7,12H2,1-2H3/t16-,17-/m1/s1. The number of hydrogen-bond donors (Lipinski definition) is 0. The third kappa shape index (κ3) is 3.43. The Balaban J connectivity index is 1.53.